The highest BCUT2D eigenvalue weighted by Crippen LogP contribution is 2.56. The zero-order valence-corrected chi connectivity index (χ0v) is 28.6. The molecule has 46 heavy (non-hydrogen) atoms. The summed E-state index contributed by atoms with van der Waals surface area (Å²) in [5.41, 5.74) is 8.09. The number of nitrogens with two attached hydrogens (primary N) is 1. The van der Waals surface area contributed by atoms with Crippen LogP contribution in [0.3, 0.4) is 0 Å². The van der Waals surface area contributed by atoms with Crippen molar-refractivity contribution in [1.82, 2.24) is 15.1 Å². The lowest BCUT2D eigenvalue weighted by molar-refractivity contribution is -0.137. The molecule has 250 valence electrons. The third-order valence-corrected chi connectivity index (χ3v) is 11.5. The number of amides is 3. The standard InChI is InChI=1S/C36H47ClF2N4O3/c1-21-15-28-25(17-30(21)37)29(35(5,6)41-22(2)44)18-36(28)11-13-42(14-12-36)33(46)27-20-43(34(3,4)10-9-32(40)45)19-26(27)24-8-7-23(38)16-31(24)39/h7-8,15-17,26-27,29H,9-14,18-20H2,1-6H3,(H2,40,45)(H,41,44)/t26-,27+,29+/m0/s1. The van der Waals surface area contributed by atoms with E-state index in [2.05, 4.69) is 36.2 Å². The molecule has 3 aliphatic rings. The average molecular weight is 657 g/mol. The van der Waals surface area contributed by atoms with E-state index in [4.69, 9.17) is 17.3 Å². The van der Waals surface area contributed by atoms with Crippen molar-refractivity contribution in [3.63, 3.8) is 0 Å². The van der Waals surface area contributed by atoms with Gasteiger partial charge in [-0.1, -0.05) is 23.7 Å². The van der Waals surface area contributed by atoms with Gasteiger partial charge in [-0.3, -0.25) is 19.3 Å². The highest BCUT2D eigenvalue weighted by molar-refractivity contribution is 6.31. The number of hydrogen-bond acceptors (Lipinski definition) is 4. The highest BCUT2D eigenvalue weighted by Gasteiger charge is 2.52. The Bertz CT molecular complexity index is 1540. The molecular weight excluding hydrogens is 610 g/mol. The van der Waals surface area contributed by atoms with Crippen molar-refractivity contribution in [3.8, 4) is 0 Å². The quantitative estimate of drug-likeness (QED) is 0.367. The zero-order valence-electron chi connectivity index (χ0n) is 27.8. The number of benzene rings is 2. The lowest BCUT2D eigenvalue weighted by atomic mass is 9.71. The molecule has 5 rings (SSSR count). The second-order valence-electron chi connectivity index (χ2n) is 15.0. The molecule has 0 radical (unpaired) electrons. The lowest BCUT2D eigenvalue weighted by Gasteiger charge is -2.42. The van der Waals surface area contributed by atoms with Gasteiger partial charge >= 0.3 is 0 Å². The van der Waals surface area contributed by atoms with Gasteiger partial charge in [-0.2, -0.15) is 0 Å². The van der Waals surface area contributed by atoms with Gasteiger partial charge in [-0.15, -0.1) is 0 Å². The van der Waals surface area contributed by atoms with Crippen molar-refractivity contribution in [2.75, 3.05) is 26.2 Å². The maximum atomic E-state index is 15.2. The third kappa shape index (κ3) is 6.55. The van der Waals surface area contributed by atoms with Gasteiger partial charge in [-0.25, -0.2) is 8.78 Å². The molecule has 0 saturated carbocycles. The van der Waals surface area contributed by atoms with Crippen LogP contribution in [0.4, 0.5) is 8.78 Å². The maximum Gasteiger partial charge on any atom is 0.227 e. The Balaban J connectivity index is 1.40. The van der Waals surface area contributed by atoms with Crippen molar-refractivity contribution in [3.05, 3.63) is 69.2 Å². The Hall–Kier alpha value is -3.04. The van der Waals surface area contributed by atoms with Gasteiger partial charge in [-0.05, 0) is 100 Å². The number of nitrogens with zero attached hydrogens (tertiary/aromatic N) is 2. The van der Waals surface area contributed by atoms with Crippen molar-refractivity contribution in [2.45, 2.75) is 102 Å². The average Bonchev–Trinajstić information content (AvgIpc) is 3.53. The van der Waals surface area contributed by atoms with E-state index in [-0.39, 0.29) is 29.6 Å². The van der Waals surface area contributed by atoms with Crippen LogP contribution in [0.2, 0.25) is 5.02 Å². The summed E-state index contributed by atoms with van der Waals surface area (Å²) >= 11 is 6.63. The summed E-state index contributed by atoms with van der Waals surface area (Å²) < 4.78 is 29.1. The van der Waals surface area contributed by atoms with Crippen molar-refractivity contribution in [1.29, 1.82) is 0 Å². The van der Waals surface area contributed by atoms with Gasteiger partial charge in [0.25, 0.3) is 0 Å². The molecule has 2 aliphatic heterocycles. The van der Waals surface area contributed by atoms with Gasteiger partial charge in [0, 0.05) is 73.5 Å². The second-order valence-corrected chi connectivity index (χ2v) is 15.4. The zero-order chi connectivity index (χ0) is 33.8. The number of nitrogens with one attached hydrogen (secondary N) is 1. The van der Waals surface area contributed by atoms with E-state index in [1.807, 2.05) is 25.7 Å². The van der Waals surface area contributed by atoms with E-state index >= 15 is 4.39 Å². The molecule has 2 heterocycles. The van der Waals surface area contributed by atoms with Gasteiger partial charge in [0.15, 0.2) is 0 Å². The smallest absolute Gasteiger partial charge is 0.227 e. The van der Waals surface area contributed by atoms with Crippen LogP contribution in [0.1, 0.15) is 101 Å². The number of hydrogen-bond donors (Lipinski definition) is 2. The Kier molecular flexibility index (Phi) is 9.34. The molecule has 0 bridgehead atoms. The number of primary amides is 1. The fourth-order valence-corrected chi connectivity index (χ4v) is 8.53. The first-order valence-corrected chi connectivity index (χ1v) is 16.7. The largest absolute Gasteiger partial charge is 0.370 e. The van der Waals surface area contributed by atoms with E-state index in [0.29, 0.717) is 43.2 Å². The number of fused-ring (bicyclic) bond motifs is 2. The van der Waals surface area contributed by atoms with E-state index in [1.54, 1.807) is 0 Å². The maximum absolute atomic E-state index is 15.2. The number of aryl methyl sites for hydroxylation is 1. The van der Waals surface area contributed by atoms with Crippen LogP contribution >= 0.6 is 11.6 Å². The Labute approximate surface area is 276 Å². The number of carbonyl (C=O) groups is 3. The van der Waals surface area contributed by atoms with Crippen LogP contribution in [0, 0.1) is 24.5 Å². The minimum Gasteiger partial charge on any atom is -0.370 e. The van der Waals surface area contributed by atoms with Crippen LogP contribution in [0.5, 0.6) is 0 Å². The number of likely N-dealkylation sites (tertiary alicyclic amines) is 2. The molecule has 1 spiro atoms. The predicted molar refractivity (Wildman–Crippen MR) is 176 cm³/mol. The van der Waals surface area contributed by atoms with E-state index < -0.39 is 40.5 Å². The molecule has 0 unspecified atom stereocenters. The van der Waals surface area contributed by atoms with Crippen LogP contribution in [0.15, 0.2) is 30.3 Å². The molecule has 3 atom stereocenters. The SMILES string of the molecule is CC(=O)NC(C)(C)[C@@H]1CC2(CCN(C(=O)[C@@H]3CN(C(C)(C)CCC(N)=O)C[C@H]3c3ccc(F)cc3F)CC2)c2cc(C)c(Cl)cc21. The Morgan fingerprint density at radius 2 is 1.72 bits per heavy atom. The molecule has 1 aliphatic carbocycles. The molecule has 2 saturated heterocycles. The minimum absolute atomic E-state index is 0.0302. The first-order valence-electron chi connectivity index (χ1n) is 16.3. The van der Waals surface area contributed by atoms with Crippen LogP contribution < -0.4 is 11.1 Å². The summed E-state index contributed by atoms with van der Waals surface area (Å²) in [6.45, 7) is 13.6. The number of carbonyl (C=O) groups excluding carboxylic acids is 3. The first-order chi connectivity index (χ1) is 21.4. The summed E-state index contributed by atoms with van der Waals surface area (Å²) in [5.74, 6) is -2.74. The lowest BCUT2D eigenvalue weighted by Crippen LogP contribution is -2.49. The van der Waals surface area contributed by atoms with E-state index in [1.165, 1.54) is 24.6 Å². The molecular formula is C36H47ClF2N4O3. The van der Waals surface area contributed by atoms with Gasteiger partial charge in [0.2, 0.25) is 17.7 Å². The summed E-state index contributed by atoms with van der Waals surface area (Å²) in [6, 6.07) is 7.83. The fraction of sp³-hybridized carbons (Fsp3) is 0.583. The van der Waals surface area contributed by atoms with E-state index in [0.717, 1.165) is 36.5 Å². The highest BCUT2D eigenvalue weighted by atomic mass is 35.5. The van der Waals surface area contributed by atoms with Gasteiger partial charge in [0.1, 0.15) is 11.6 Å². The normalized spacial score (nSPS) is 23.1. The minimum atomic E-state index is -0.657. The third-order valence-electron chi connectivity index (χ3n) is 11.1. The molecule has 3 N–H and O–H groups in total. The first kappa shape index (κ1) is 34.3. The second kappa shape index (κ2) is 12.5. The Morgan fingerprint density at radius 3 is 2.33 bits per heavy atom. The van der Waals surface area contributed by atoms with Crippen LogP contribution in [-0.4, -0.2) is 64.8 Å². The van der Waals surface area contributed by atoms with E-state index in [9.17, 15) is 18.8 Å². The van der Waals surface area contributed by atoms with Crippen LogP contribution in [0.25, 0.3) is 0 Å². The topological polar surface area (TPSA) is 95.7 Å². The fourth-order valence-electron chi connectivity index (χ4n) is 8.36. The molecule has 2 aromatic rings. The van der Waals surface area contributed by atoms with Crippen LogP contribution in [-0.2, 0) is 19.8 Å². The summed E-state index contributed by atoms with van der Waals surface area (Å²) in [6.07, 6.45) is 3.07. The van der Waals surface area contributed by atoms with Crippen molar-refractivity contribution < 1.29 is 23.2 Å². The van der Waals surface area contributed by atoms with Crippen molar-refractivity contribution >= 4 is 29.3 Å². The molecule has 0 aromatic heterocycles. The number of rotatable bonds is 8. The molecule has 2 aromatic carbocycles. The van der Waals surface area contributed by atoms with Crippen molar-refractivity contribution in [2.24, 2.45) is 11.7 Å². The number of halogens is 3. The Morgan fingerprint density at radius 1 is 1.04 bits per heavy atom. The molecule has 7 nitrogen and oxygen atoms in total. The summed E-state index contributed by atoms with van der Waals surface area (Å²) in [5, 5.41) is 3.86. The molecule has 2 fully saturated rings. The number of piperidine rings is 1. The molecule has 3 amide bonds. The monoisotopic (exact) mass is 656 g/mol. The predicted octanol–water partition coefficient (Wildman–Crippen LogP) is 5.95. The summed E-state index contributed by atoms with van der Waals surface area (Å²) in [4.78, 5) is 42.1. The van der Waals surface area contributed by atoms with Gasteiger partial charge in [0.05, 0.1) is 5.92 Å². The summed E-state index contributed by atoms with van der Waals surface area (Å²) in [7, 11) is 0. The van der Waals surface area contributed by atoms with Gasteiger partial charge < -0.3 is 16.0 Å². The molecule has 10 heteroatoms.